The number of nitrogens with zero attached hydrogens (tertiary/aromatic N) is 1. The number of sulfone groups is 1. The van der Waals surface area contributed by atoms with Crippen LogP contribution in [-0.4, -0.2) is 19.5 Å². The van der Waals surface area contributed by atoms with Crippen LogP contribution in [0.1, 0.15) is 25.1 Å². The summed E-state index contributed by atoms with van der Waals surface area (Å²) in [5.41, 5.74) is 1.85. The topological polar surface area (TPSA) is 69.4 Å². The zero-order chi connectivity index (χ0) is 18.6. The van der Waals surface area contributed by atoms with Gasteiger partial charge in [0.25, 0.3) is 0 Å². The minimum absolute atomic E-state index is 0.0252. The third-order valence-electron chi connectivity index (χ3n) is 3.65. The molecular weight excluding hydrogens is 350 g/mol. The Morgan fingerprint density at radius 3 is 2.42 bits per heavy atom. The van der Waals surface area contributed by atoms with Crippen LogP contribution in [0.15, 0.2) is 65.3 Å². The maximum absolute atomic E-state index is 12.6. The van der Waals surface area contributed by atoms with E-state index in [1.54, 1.807) is 12.1 Å². The molecule has 3 aromatic rings. The van der Waals surface area contributed by atoms with Gasteiger partial charge < -0.3 is 9.15 Å². The van der Waals surface area contributed by atoms with Crippen LogP contribution in [0.4, 0.5) is 0 Å². The second-order valence-electron chi connectivity index (χ2n) is 6.32. The van der Waals surface area contributed by atoms with Crippen LogP contribution in [0.5, 0.6) is 5.75 Å². The predicted octanol–water partition coefficient (Wildman–Crippen LogP) is 4.24. The van der Waals surface area contributed by atoms with Crippen molar-refractivity contribution in [3.8, 4) is 17.2 Å². The zero-order valence-electron chi connectivity index (χ0n) is 14.8. The van der Waals surface area contributed by atoms with Gasteiger partial charge in [0.1, 0.15) is 12.0 Å². The van der Waals surface area contributed by atoms with Crippen molar-refractivity contribution in [1.29, 1.82) is 0 Å². The fourth-order valence-corrected chi connectivity index (χ4v) is 3.99. The molecule has 0 bridgehead atoms. The lowest BCUT2D eigenvalue weighted by molar-refractivity contribution is 0.240. The molecule has 136 valence electrons. The molecule has 0 N–H and O–H groups in total. The van der Waals surface area contributed by atoms with Gasteiger partial charge in [-0.25, -0.2) is 13.4 Å². The molecule has 6 heteroatoms. The molecule has 0 radical (unpaired) electrons. The molecule has 0 amide bonds. The van der Waals surface area contributed by atoms with Crippen molar-refractivity contribution in [2.45, 2.75) is 31.5 Å². The molecular formula is C20H21NO4S. The number of rotatable bonds is 7. The molecule has 5 nitrogen and oxygen atoms in total. The average Bonchev–Trinajstić information content (AvgIpc) is 3.04. The highest BCUT2D eigenvalue weighted by Gasteiger charge is 2.19. The molecule has 2 aromatic carbocycles. The van der Waals surface area contributed by atoms with E-state index in [1.807, 2.05) is 56.3 Å². The number of para-hydroxylation sites is 1. The van der Waals surface area contributed by atoms with Gasteiger partial charge >= 0.3 is 0 Å². The van der Waals surface area contributed by atoms with E-state index in [2.05, 4.69) is 4.98 Å². The summed E-state index contributed by atoms with van der Waals surface area (Å²) in [6, 6.07) is 16.6. The molecule has 26 heavy (non-hydrogen) atoms. The first-order valence-corrected chi connectivity index (χ1v) is 10.2. The fourth-order valence-electron chi connectivity index (χ4n) is 2.59. The summed E-state index contributed by atoms with van der Waals surface area (Å²) >= 11 is 0. The lowest BCUT2D eigenvalue weighted by atomic mass is 10.2. The van der Waals surface area contributed by atoms with Gasteiger partial charge in [-0.1, -0.05) is 36.4 Å². The van der Waals surface area contributed by atoms with Crippen molar-refractivity contribution in [1.82, 2.24) is 4.98 Å². The fraction of sp³-hybridized carbons (Fsp3) is 0.250. The second-order valence-corrected chi connectivity index (χ2v) is 8.38. The van der Waals surface area contributed by atoms with E-state index in [0.29, 0.717) is 22.9 Å². The van der Waals surface area contributed by atoms with E-state index >= 15 is 0 Å². The van der Waals surface area contributed by atoms with Crippen molar-refractivity contribution >= 4 is 9.84 Å². The maximum atomic E-state index is 12.6. The first-order valence-electron chi connectivity index (χ1n) is 8.38. The summed E-state index contributed by atoms with van der Waals surface area (Å²) in [7, 11) is -3.42. The van der Waals surface area contributed by atoms with Gasteiger partial charge in [-0.3, -0.25) is 0 Å². The molecule has 0 aliphatic heterocycles. The quantitative estimate of drug-likeness (QED) is 0.621. The van der Waals surface area contributed by atoms with Crippen LogP contribution in [0, 0.1) is 0 Å². The van der Waals surface area contributed by atoms with E-state index in [9.17, 15) is 8.42 Å². The predicted molar refractivity (Wildman–Crippen MR) is 100 cm³/mol. The number of benzene rings is 2. The van der Waals surface area contributed by atoms with Crippen molar-refractivity contribution in [3.05, 3.63) is 72.1 Å². The van der Waals surface area contributed by atoms with E-state index in [0.717, 1.165) is 5.56 Å². The van der Waals surface area contributed by atoms with Crippen LogP contribution < -0.4 is 4.74 Å². The summed E-state index contributed by atoms with van der Waals surface area (Å²) < 4.78 is 36.4. The van der Waals surface area contributed by atoms with Crippen LogP contribution in [0.3, 0.4) is 0 Å². The molecule has 0 fully saturated rings. The van der Waals surface area contributed by atoms with Gasteiger partial charge in [0.05, 0.1) is 23.3 Å². The molecule has 0 aliphatic rings. The van der Waals surface area contributed by atoms with Crippen LogP contribution >= 0.6 is 0 Å². The van der Waals surface area contributed by atoms with Crippen molar-refractivity contribution in [3.63, 3.8) is 0 Å². The summed E-state index contributed by atoms with van der Waals surface area (Å²) in [6.45, 7) is 3.82. The summed E-state index contributed by atoms with van der Waals surface area (Å²) in [6.07, 6.45) is 1.37. The molecule has 0 atom stereocenters. The van der Waals surface area contributed by atoms with E-state index < -0.39 is 9.84 Å². The lowest BCUT2D eigenvalue weighted by Crippen LogP contribution is -2.12. The number of aromatic nitrogens is 1. The highest BCUT2D eigenvalue weighted by molar-refractivity contribution is 7.89. The smallest absolute Gasteiger partial charge is 0.226 e. The molecule has 1 heterocycles. The number of hydrogen-bond donors (Lipinski definition) is 0. The molecule has 0 saturated heterocycles. The van der Waals surface area contributed by atoms with Crippen molar-refractivity contribution in [2.24, 2.45) is 0 Å². The Bertz CT molecular complexity index is 962. The molecule has 1 aromatic heterocycles. The third kappa shape index (κ3) is 4.73. The Balaban J connectivity index is 1.75. The van der Waals surface area contributed by atoms with Crippen molar-refractivity contribution in [2.75, 3.05) is 0 Å². The minimum atomic E-state index is -3.42. The molecule has 0 saturated carbocycles. The van der Waals surface area contributed by atoms with Gasteiger partial charge in [0, 0.05) is 11.1 Å². The Hall–Kier alpha value is -2.60. The number of hydrogen-bond acceptors (Lipinski definition) is 5. The highest BCUT2D eigenvalue weighted by atomic mass is 32.2. The number of oxazole rings is 1. The minimum Gasteiger partial charge on any atom is -0.491 e. The van der Waals surface area contributed by atoms with Crippen LogP contribution in [0.25, 0.3) is 11.5 Å². The third-order valence-corrected chi connectivity index (χ3v) is 5.14. The molecule has 0 spiro atoms. The molecule has 0 aliphatic carbocycles. The first-order chi connectivity index (χ1) is 12.4. The second kappa shape index (κ2) is 7.74. The number of ether oxygens (including phenoxy) is 1. The lowest BCUT2D eigenvalue weighted by Gasteiger charge is -2.14. The van der Waals surface area contributed by atoms with E-state index in [1.165, 1.54) is 6.26 Å². The summed E-state index contributed by atoms with van der Waals surface area (Å²) in [5, 5.41) is 0. The van der Waals surface area contributed by atoms with Crippen molar-refractivity contribution < 1.29 is 17.6 Å². The van der Waals surface area contributed by atoms with E-state index in [-0.39, 0.29) is 17.6 Å². The maximum Gasteiger partial charge on any atom is 0.226 e. The monoisotopic (exact) mass is 371 g/mol. The van der Waals surface area contributed by atoms with Gasteiger partial charge in [0.15, 0.2) is 9.84 Å². The molecule has 0 unspecified atom stereocenters. The van der Waals surface area contributed by atoms with E-state index in [4.69, 9.17) is 9.15 Å². The largest absolute Gasteiger partial charge is 0.491 e. The normalized spacial score (nSPS) is 11.7. The Morgan fingerprint density at radius 2 is 1.69 bits per heavy atom. The average molecular weight is 371 g/mol. The van der Waals surface area contributed by atoms with Gasteiger partial charge in [-0.05, 0) is 32.0 Å². The highest BCUT2D eigenvalue weighted by Crippen LogP contribution is 2.24. The SMILES string of the molecule is CC(C)Oc1ccccc1CS(=O)(=O)Cc1coc(-c2ccccc2)n1. The standard InChI is InChI=1S/C20H21NO4S/c1-15(2)25-19-11-7-6-10-17(19)13-26(22,23)14-18-12-24-20(21-18)16-8-4-3-5-9-16/h3-12,15H,13-14H2,1-2H3. The Morgan fingerprint density at radius 1 is 1.00 bits per heavy atom. The Kier molecular flexibility index (Phi) is 5.42. The summed E-state index contributed by atoms with van der Waals surface area (Å²) in [4.78, 5) is 4.30. The first kappa shape index (κ1) is 18.2. The van der Waals surface area contributed by atoms with Gasteiger partial charge in [-0.15, -0.1) is 0 Å². The van der Waals surface area contributed by atoms with Crippen LogP contribution in [0.2, 0.25) is 0 Å². The van der Waals surface area contributed by atoms with Gasteiger partial charge in [-0.2, -0.15) is 0 Å². The Labute approximate surface area is 153 Å². The van der Waals surface area contributed by atoms with Crippen LogP contribution in [-0.2, 0) is 21.3 Å². The summed E-state index contributed by atoms with van der Waals surface area (Å²) in [5.74, 6) is 0.721. The van der Waals surface area contributed by atoms with Gasteiger partial charge in [0.2, 0.25) is 5.89 Å². The zero-order valence-corrected chi connectivity index (χ0v) is 15.6. The molecule has 3 rings (SSSR count).